The van der Waals surface area contributed by atoms with Crippen molar-refractivity contribution in [1.82, 2.24) is 10.2 Å². The summed E-state index contributed by atoms with van der Waals surface area (Å²) < 4.78 is 0. The fourth-order valence-corrected chi connectivity index (χ4v) is 4.84. The molecular weight excluding hydrogens is 292 g/mol. The lowest BCUT2D eigenvalue weighted by Gasteiger charge is -2.33. The molecule has 0 spiro atoms. The molecule has 3 heteroatoms. The van der Waals surface area contributed by atoms with E-state index in [2.05, 4.69) is 44.0 Å². The van der Waals surface area contributed by atoms with Gasteiger partial charge in [0.25, 0.3) is 0 Å². The van der Waals surface area contributed by atoms with Gasteiger partial charge >= 0.3 is 0 Å². The van der Waals surface area contributed by atoms with Gasteiger partial charge in [-0.25, -0.2) is 0 Å². The minimum Gasteiger partial charge on any atom is -0.154 e. The van der Waals surface area contributed by atoms with Crippen molar-refractivity contribution in [2.24, 2.45) is 5.41 Å². The maximum absolute atomic E-state index is 6.07. The van der Waals surface area contributed by atoms with Gasteiger partial charge in [-0.2, -0.15) is 10.2 Å². The monoisotopic (exact) mass is 312 g/mol. The Kier molecular flexibility index (Phi) is 2.79. The molecule has 1 saturated carbocycles. The molecule has 0 N–H and O–H groups in total. The van der Waals surface area contributed by atoms with Gasteiger partial charge < -0.3 is 0 Å². The normalized spacial score (nSPS) is 28.0. The third-order valence-electron chi connectivity index (χ3n) is 6.41. The van der Waals surface area contributed by atoms with Crippen LogP contribution in [0.5, 0.6) is 0 Å². The van der Waals surface area contributed by atoms with E-state index in [-0.39, 0.29) is 10.8 Å². The van der Waals surface area contributed by atoms with Crippen LogP contribution in [0.25, 0.3) is 11.3 Å². The van der Waals surface area contributed by atoms with E-state index in [1.54, 1.807) is 0 Å². The van der Waals surface area contributed by atoms with E-state index < -0.39 is 0 Å². The van der Waals surface area contributed by atoms with Crippen molar-refractivity contribution >= 4 is 11.6 Å². The Morgan fingerprint density at radius 3 is 2.64 bits per heavy atom. The van der Waals surface area contributed by atoms with Gasteiger partial charge in [0.15, 0.2) is 0 Å². The van der Waals surface area contributed by atoms with Crippen LogP contribution in [0.15, 0.2) is 24.3 Å². The summed E-state index contributed by atoms with van der Waals surface area (Å²) in [7, 11) is 0. The minimum absolute atomic E-state index is 0.174. The molecule has 2 bridgehead atoms. The van der Waals surface area contributed by atoms with Crippen molar-refractivity contribution in [3.63, 3.8) is 0 Å². The Morgan fingerprint density at radius 1 is 1.14 bits per heavy atom. The number of aromatic nitrogens is 2. The van der Waals surface area contributed by atoms with Crippen molar-refractivity contribution in [3.8, 4) is 11.3 Å². The highest BCUT2D eigenvalue weighted by atomic mass is 35.5. The summed E-state index contributed by atoms with van der Waals surface area (Å²) in [6, 6.07) is 8.24. The molecule has 2 atom stereocenters. The van der Waals surface area contributed by atoms with E-state index in [0.717, 1.165) is 21.8 Å². The summed E-state index contributed by atoms with van der Waals surface area (Å²) >= 11 is 6.07. The van der Waals surface area contributed by atoms with Crippen LogP contribution < -0.4 is 0 Å². The standard InChI is InChI=1S/C19H21ClN2/c1-11-9-12(20)5-6-13(11)16-10-14-15-7-8-19(4,18(15,2)3)17(14)22-21-16/h5-6,9-10,15H,7-8H2,1-4H3/t15-,19+/m0/s1. The first kappa shape index (κ1) is 14.2. The Balaban J connectivity index is 1.87. The fourth-order valence-electron chi connectivity index (χ4n) is 4.62. The molecule has 1 aromatic heterocycles. The van der Waals surface area contributed by atoms with E-state index in [1.807, 2.05) is 18.2 Å². The molecule has 1 fully saturated rings. The summed E-state index contributed by atoms with van der Waals surface area (Å²) in [4.78, 5) is 0. The highest BCUT2D eigenvalue weighted by Gasteiger charge is 2.60. The average Bonchev–Trinajstić information content (AvgIpc) is 2.78. The third-order valence-corrected chi connectivity index (χ3v) is 6.65. The molecule has 2 aromatic rings. The van der Waals surface area contributed by atoms with Crippen LogP contribution in [0.3, 0.4) is 0 Å². The predicted molar refractivity (Wildman–Crippen MR) is 90.3 cm³/mol. The number of hydrogen-bond acceptors (Lipinski definition) is 2. The zero-order chi connectivity index (χ0) is 15.7. The molecule has 0 amide bonds. The molecule has 4 rings (SSSR count). The quantitative estimate of drug-likeness (QED) is 0.716. The van der Waals surface area contributed by atoms with Crippen molar-refractivity contribution in [2.75, 3.05) is 0 Å². The van der Waals surface area contributed by atoms with E-state index in [9.17, 15) is 0 Å². The smallest absolute Gasteiger partial charge is 0.0935 e. The van der Waals surface area contributed by atoms with Crippen LogP contribution in [-0.2, 0) is 5.41 Å². The molecule has 0 unspecified atom stereocenters. The lowest BCUT2D eigenvalue weighted by atomic mass is 9.70. The van der Waals surface area contributed by atoms with Gasteiger partial charge in [0.05, 0.1) is 11.4 Å². The first-order chi connectivity index (χ1) is 10.3. The number of halogens is 1. The van der Waals surface area contributed by atoms with Crippen molar-refractivity contribution in [1.29, 1.82) is 0 Å². The SMILES string of the molecule is Cc1cc(Cl)ccc1-c1cc2c(nn1)[C@@]1(C)CC[C@@H]2C1(C)C. The van der Waals surface area contributed by atoms with Gasteiger partial charge in [-0.15, -0.1) is 0 Å². The topological polar surface area (TPSA) is 25.8 Å². The zero-order valence-electron chi connectivity index (χ0n) is 13.6. The maximum atomic E-state index is 6.07. The second-order valence-corrected chi connectivity index (χ2v) is 8.07. The highest BCUT2D eigenvalue weighted by Crippen LogP contribution is 2.67. The van der Waals surface area contributed by atoms with Crippen LogP contribution in [0.1, 0.15) is 56.4 Å². The number of hydrogen-bond donors (Lipinski definition) is 0. The van der Waals surface area contributed by atoms with Gasteiger partial charge in [-0.1, -0.05) is 38.4 Å². The molecular formula is C19H21ClN2. The van der Waals surface area contributed by atoms with Crippen LogP contribution >= 0.6 is 11.6 Å². The van der Waals surface area contributed by atoms with Gasteiger partial charge in [-0.3, -0.25) is 0 Å². The van der Waals surface area contributed by atoms with Gasteiger partial charge in [0, 0.05) is 16.0 Å². The molecule has 0 aliphatic heterocycles. The lowest BCUT2D eigenvalue weighted by Crippen LogP contribution is -2.32. The fraction of sp³-hybridized carbons (Fsp3) is 0.474. The molecule has 1 heterocycles. The summed E-state index contributed by atoms with van der Waals surface area (Å²) in [5, 5.41) is 9.98. The number of benzene rings is 1. The molecule has 0 saturated heterocycles. The summed E-state index contributed by atoms with van der Waals surface area (Å²) in [6.45, 7) is 9.22. The van der Waals surface area contributed by atoms with E-state index in [4.69, 9.17) is 11.6 Å². The maximum Gasteiger partial charge on any atom is 0.0935 e. The molecule has 22 heavy (non-hydrogen) atoms. The molecule has 2 aliphatic rings. The summed E-state index contributed by atoms with van der Waals surface area (Å²) in [6.07, 6.45) is 2.49. The molecule has 1 aromatic carbocycles. The number of nitrogens with zero attached hydrogens (tertiary/aromatic N) is 2. The number of aryl methyl sites for hydroxylation is 1. The first-order valence-corrected chi connectivity index (χ1v) is 8.37. The minimum atomic E-state index is 0.174. The largest absolute Gasteiger partial charge is 0.154 e. The second-order valence-electron chi connectivity index (χ2n) is 7.64. The molecule has 114 valence electrons. The van der Waals surface area contributed by atoms with Crippen molar-refractivity contribution in [3.05, 3.63) is 46.1 Å². The Morgan fingerprint density at radius 2 is 1.91 bits per heavy atom. The lowest BCUT2D eigenvalue weighted by molar-refractivity contribution is 0.226. The summed E-state index contributed by atoms with van der Waals surface area (Å²) in [5.74, 6) is 0.606. The first-order valence-electron chi connectivity index (χ1n) is 7.99. The van der Waals surface area contributed by atoms with E-state index in [0.29, 0.717) is 5.92 Å². The Bertz CT molecular complexity index is 781. The van der Waals surface area contributed by atoms with Gasteiger partial charge in [-0.05, 0) is 60.4 Å². The van der Waals surface area contributed by atoms with Gasteiger partial charge in [0.2, 0.25) is 0 Å². The molecule has 2 aliphatic carbocycles. The van der Waals surface area contributed by atoms with Crippen molar-refractivity contribution in [2.45, 2.75) is 51.9 Å². The predicted octanol–water partition coefficient (Wildman–Crippen LogP) is 5.28. The molecule has 2 nitrogen and oxygen atoms in total. The average molecular weight is 313 g/mol. The van der Waals surface area contributed by atoms with Crippen LogP contribution in [-0.4, -0.2) is 10.2 Å². The second kappa shape index (κ2) is 4.32. The van der Waals surface area contributed by atoms with E-state index >= 15 is 0 Å². The number of rotatable bonds is 1. The molecule has 0 radical (unpaired) electrons. The highest BCUT2D eigenvalue weighted by molar-refractivity contribution is 6.30. The van der Waals surface area contributed by atoms with Crippen molar-refractivity contribution < 1.29 is 0 Å². The van der Waals surface area contributed by atoms with Crippen LogP contribution in [0, 0.1) is 12.3 Å². The van der Waals surface area contributed by atoms with Gasteiger partial charge in [0.1, 0.15) is 0 Å². The van der Waals surface area contributed by atoms with Crippen LogP contribution in [0.2, 0.25) is 5.02 Å². The van der Waals surface area contributed by atoms with Crippen LogP contribution in [0.4, 0.5) is 0 Å². The third kappa shape index (κ3) is 1.62. The zero-order valence-corrected chi connectivity index (χ0v) is 14.3. The van der Waals surface area contributed by atoms with E-state index in [1.165, 1.54) is 24.1 Å². The Hall–Kier alpha value is -1.41. The number of fused-ring (bicyclic) bond motifs is 5. The Labute approximate surface area is 136 Å². The summed E-state index contributed by atoms with van der Waals surface area (Å²) in [5.41, 5.74) is 6.34.